The van der Waals surface area contributed by atoms with E-state index in [2.05, 4.69) is 10.3 Å². The summed E-state index contributed by atoms with van der Waals surface area (Å²) in [7, 11) is 1.93. The van der Waals surface area contributed by atoms with E-state index in [0.29, 0.717) is 22.6 Å². The molecule has 1 N–H and O–H groups in total. The zero-order valence-corrected chi connectivity index (χ0v) is 17.7. The lowest BCUT2D eigenvalue weighted by molar-refractivity contribution is -0.384. The molecular weight excluding hydrogens is 418 g/mol. The van der Waals surface area contributed by atoms with Crippen molar-refractivity contribution in [2.75, 3.05) is 5.32 Å². The van der Waals surface area contributed by atoms with E-state index in [9.17, 15) is 14.9 Å². The third kappa shape index (κ3) is 3.78. The molecule has 0 saturated carbocycles. The van der Waals surface area contributed by atoms with Crippen LogP contribution in [0.3, 0.4) is 0 Å². The maximum absolute atomic E-state index is 13.0. The summed E-state index contributed by atoms with van der Waals surface area (Å²) in [6.07, 6.45) is 3.53. The largest absolute Gasteiger partial charge is 0.334 e. The van der Waals surface area contributed by atoms with Gasteiger partial charge in [-0.05, 0) is 29.3 Å². The highest BCUT2D eigenvalue weighted by molar-refractivity contribution is 6.24. The Morgan fingerprint density at radius 2 is 1.85 bits per heavy atom. The van der Waals surface area contributed by atoms with Gasteiger partial charge in [-0.25, -0.2) is 4.98 Å². The fraction of sp³-hybridized carbons (Fsp3) is 0.0800. The maximum atomic E-state index is 13.0. The van der Waals surface area contributed by atoms with Crippen molar-refractivity contribution in [3.63, 3.8) is 0 Å². The van der Waals surface area contributed by atoms with Crippen molar-refractivity contribution >= 4 is 28.7 Å². The van der Waals surface area contributed by atoms with Crippen LogP contribution in [0.4, 0.5) is 17.1 Å². The second kappa shape index (κ2) is 8.16. The molecule has 4 aromatic rings. The molecular formula is C25H19N5O3. The van der Waals surface area contributed by atoms with Crippen molar-refractivity contribution in [3.05, 3.63) is 107 Å². The Labute approximate surface area is 189 Å². The van der Waals surface area contributed by atoms with Crippen LogP contribution in [0.5, 0.6) is 0 Å². The van der Waals surface area contributed by atoms with Gasteiger partial charge in [0.05, 0.1) is 34.5 Å². The first-order chi connectivity index (χ1) is 16.0. The summed E-state index contributed by atoms with van der Waals surface area (Å²) in [6.45, 7) is 0. The molecule has 3 aromatic carbocycles. The van der Waals surface area contributed by atoms with Gasteiger partial charge in [-0.2, -0.15) is 0 Å². The first kappa shape index (κ1) is 20.3. The number of nitrogens with zero attached hydrogens (tertiary/aromatic N) is 4. The van der Waals surface area contributed by atoms with Crippen molar-refractivity contribution < 1.29 is 9.72 Å². The van der Waals surface area contributed by atoms with Crippen LogP contribution in [0.1, 0.15) is 17.0 Å². The number of nitro groups is 1. The highest BCUT2D eigenvalue weighted by atomic mass is 16.6. The molecule has 8 heteroatoms. The molecule has 0 bridgehead atoms. The van der Waals surface area contributed by atoms with Crippen molar-refractivity contribution in [3.8, 4) is 11.3 Å². The number of fused-ring (bicyclic) bond motifs is 1. The summed E-state index contributed by atoms with van der Waals surface area (Å²) in [6, 6.07) is 21.5. The maximum Gasteiger partial charge on any atom is 0.269 e. The summed E-state index contributed by atoms with van der Waals surface area (Å²) in [5.74, 6) is -1.03. The zero-order chi connectivity index (χ0) is 22.9. The summed E-state index contributed by atoms with van der Waals surface area (Å²) in [4.78, 5) is 32.9. The van der Waals surface area contributed by atoms with Gasteiger partial charge in [0.15, 0.2) is 0 Å². The number of aryl methyl sites for hydroxylation is 1. The summed E-state index contributed by atoms with van der Waals surface area (Å²) < 4.78 is 1.93. The van der Waals surface area contributed by atoms with Crippen LogP contribution in [-0.2, 0) is 11.8 Å². The van der Waals surface area contributed by atoms with Gasteiger partial charge >= 0.3 is 0 Å². The molecule has 0 fully saturated rings. The Hall–Kier alpha value is -4.59. The number of benzene rings is 3. The fourth-order valence-electron chi connectivity index (χ4n) is 4.02. The second-order valence-electron chi connectivity index (χ2n) is 7.75. The van der Waals surface area contributed by atoms with E-state index in [1.165, 1.54) is 12.1 Å². The Morgan fingerprint density at radius 3 is 2.52 bits per heavy atom. The van der Waals surface area contributed by atoms with E-state index in [-0.39, 0.29) is 11.6 Å². The number of non-ortho nitro benzene ring substituents is 1. The van der Waals surface area contributed by atoms with Crippen LogP contribution in [0.15, 0.2) is 90.3 Å². The van der Waals surface area contributed by atoms with Gasteiger partial charge in [-0.3, -0.25) is 19.9 Å². The van der Waals surface area contributed by atoms with E-state index >= 15 is 0 Å². The Balaban J connectivity index is 1.61. The third-order valence-corrected chi connectivity index (χ3v) is 5.65. The van der Waals surface area contributed by atoms with Crippen molar-refractivity contribution in [2.24, 2.45) is 12.0 Å². The molecule has 162 valence electrons. The van der Waals surface area contributed by atoms with E-state index in [0.717, 1.165) is 16.8 Å². The van der Waals surface area contributed by atoms with E-state index in [1.807, 2.05) is 66.2 Å². The van der Waals surface area contributed by atoms with Gasteiger partial charge in [-0.1, -0.05) is 42.5 Å². The van der Waals surface area contributed by atoms with Gasteiger partial charge in [-0.15, -0.1) is 0 Å². The number of carbonyl (C=O) groups excluding carboxylic acids is 1. The minimum atomic E-state index is -0.765. The molecule has 1 aliphatic rings. The van der Waals surface area contributed by atoms with E-state index in [4.69, 9.17) is 4.99 Å². The van der Waals surface area contributed by atoms with Crippen LogP contribution in [-0.4, -0.2) is 26.1 Å². The number of imidazole rings is 1. The van der Waals surface area contributed by atoms with Crippen molar-refractivity contribution in [1.82, 2.24) is 9.55 Å². The highest BCUT2D eigenvalue weighted by Crippen LogP contribution is 2.38. The molecule has 1 aliphatic heterocycles. The molecule has 1 aromatic heterocycles. The highest BCUT2D eigenvalue weighted by Gasteiger charge is 2.36. The number of aromatic nitrogens is 2. The number of anilines is 1. The molecule has 0 saturated heterocycles. The quantitative estimate of drug-likeness (QED) is 0.274. The summed E-state index contributed by atoms with van der Waals surface area (Å²) >= 11 is 0. The summed E-state index contributed by atoms with van der Waals surface area (Å²) in [5.41, 5.74) is 4.98. The van der Waals surface area contributed by atoms with Gasteiger partial charge in [0.25, 0.3) is 5.69 Å². The third-order valence-electron chi connectivity index (χ3n) is 5.65. The molecule has 1 atom stereocenters. The average molecular weight is 437 g/mol. The Bertz CT molecular complexity index is 1390. The van der Waals surface area contributed by atoms with Crippen LogP contribution >= 0.6 is 0 Å². The normalized spacial score (nSPS) is 15.2. The lowest BCUT2D eigenvalue weighted by atomic mass is 9.90. The van der Waals surface area contributed by atoms with Crippen LogP contribution < -0.4 is 5.32 Å². The predicted octanol–water partition coefficient (Wildman–Crippen LogP) is 4.85. The number of nitrogens with one attached hydrogen (secondary N) is 1. The van der Waals surface area contributed by atoms with Crippen LogP contribution in [0, 0.1) is 10.1 Å². The fourth-order valence-corrected chi connectivity index (χ4v) is 4.02. The lowest BCUT2D eigenvalue weighted by Gasteiger charge is -2.14. The predicted molar refractivity (Wildman–Crippen MR) is 126 cm³/mol. The van der Waals surface area contributed by atoms with Gasteiger partial charge in [0.2, 0.25) is 5.91 Å². The number of hydrogen-bond donors (Lipinski definition) is 1. The number of nitro benzene ring substituents is 1. The summed E-state index contributed by atoms with van der Waals surface area (Å²) in [5, 5.41) is 14.2. The van der Waals surface area contributed by atoms with Crippen LogP contribution in [0.2, 0.25) is 0 Å². The molecule has 2 heterocycles. The van der Waals surface area contributed by atoms with Gasteiger partial charge < -0.3 is 9.88 Å². The van der Waals surface area contributed by atoms with Crippen molar-refractivity contribution in [2.45, 2.75) is 5.92 Å². The molecule has 0 spiro atoms. The molecule has 8 nitrogen and oxygen atoms in total. The standard InChI is InChI=1S/C25H19N5O3/c1-29-15-26-14-22(29)16-7-9-18(10-8-16)27-24(17-5-3-2-4-6-17)23-20-13-19(30(32)33)11-12-21(20)28-25(23)31/h2-15,23H,1H3,(H,28,31). The Morgan fingerprint density at radius 1 is 1.09 bits per heavy atom. The van der Waals surface area contributed by atoms with Gasteiger partial charge in [0, 0.05) is 30.4 Å². The molecule has 1 unspecified atom stereocenters. The minimum Gasteiger partial charge on any atom is -0.334 e. The molecule has 0 aliphatic carbocycles. The van der Waals surface area contributed by atoms with E-state index < -0.39 is 10.8 Å². The second-order valence-corrected chi connectivity index (χ2v) is 7.75. The number of amides is 1. The monoisotopic (exact) mass is 437 g/mol. The molecule has 5 rings (SSSR count). The molecule has 1 amide bonds. The number of rotatable bonds is 5. The van der Waals surface area contributed by atoms with E-state index in [1.54, 1.807) is 18.6 Å². The lowest BCUT2D eigenvalue weighted by Crippen LogP contribution is -2.22. The minimum absolute atomic E-state index is 0.0665. The molecule has 33 heavy (non-hydrogen) atoms. The first-order valence-corrected chi connectivity index (χ1v) is 10.3. The number of carbonyl (C=O) groups is 1. The number of aliphatic imine (C=N–C) groups is 1. The van der Waals surface area contributed by atoms with Gasteiger partial charge in [0.1, 0.15) is 5.92 Å². The van der Waals surface area contributed by atoms with Crippen LogP contribution in [0.25, 0.3) is 11.3 Å². The van der Waals surface area contributed by atoms with Crippen molar-refractivity contribution in [1.29, 1.82) is 0 Å². The smallest absolute Gasteiger partial charge is 0.269 e. The number of hydrogen-bond acceptors (Lipinski definition) is 5. The zero-order valence-electron chi connectivity index (χ0n) is 17.7. The Kier molecular flexibility index (Phi) is 5.02. The molecule has 0 radical (unpaired) electrons. The average Bonchev–Trinajstić information content (AvgIpc) is 3.40. The topological polar surface area (TPSA) is 102 Å². The SMILES string of the molecule is Cn1cncc1-c1ccc(N=C(c2ccccc2)C2C(=O)Nc3ccc([N+](=O)[O-])cc32)cc1. The first-order valence-electron chi connectivity index (χ1n) is 10.3.